The Morgan fingerprint density at radius 1 is 1.33 bits per heavy atom. The summed E-state index contributed by atoms with van der Waals surface area (Å²) >= 11 is 0. The summed E-state index contributed by atoms with van der Waals surface area (Å²) in [5, 5.41) is 7.06. The molecule has 0 bridgehead atoms. The second-order valence-electron chi connectivity index (χ2n) is 6.40. The Morgan fingerprint density at radius 2 is 2.00 bits per heavy atom. The minimum absolute atomic E-state index is 0.0308. The Hall–Kier alpha value is -1.40. The van der Waals surface area contributed by atoms with Gasteiger partial charge in [-0.15, -0.1) is 0 Å². The Morgan fingerprint density at radius 3 is 2.52 bits per heavy atom. The second kappa shape index (κ2) is 7.04. The van der Waals surface area contributed by atoms with Crippen LogP contribution in [0.2, 0.25) is 0 Å². The van der Waals surface area contributed by atoms with Gasteiger partial charge in [0.25, 0.3) is 5.91 Å². The molecule has 1 aromatic heterocycles. The summed E-state index contributed by atoms with van der Waals surface area (Å²) in [6.45, 7) is 13.1. The molecule has 1 saturated heterocycles. The lowest BCUT2D eigenvalue weighted by Gasteiger charge is -2.32. The second-order valence-corrected chi connectivity index (χ2v) is 6.40. The number of nitrogens with one attached hydrogen (secondary N) is 3. The van der Waals surface area contributed by atoms with Crippen molar-refractivity contribution in [3.63, 3.8) is 0 Å². The molecule has 21 heavy (non-hydrogen) atoms. The van der Waals surface area contributed by atoms with Gasteiger partial charge in [-0.2, -0.15) is 0 Å². The van der Waals surface area contributed by atoms with Crippen molar-refractivity contribution in [1.82, 2.24) is 10.5 Å². The molecule has 1 amide bonds. The van der Waals surface area contributed by atoms with Gasteiger partial charge in [-0.1, -0.05) is 5.16 Å². The molecule has 2 rings (SSSR count). The minimum atomic E-state index is 0.0308. The van der Waals surface area contributed by atoms with Gasteiger partial charge in [-0.3, -0.25) is 4.79 Å². The largest absolute Gasteiger partial charge is 0.361 e. The van der Waals surface area contributed by atoms with Crippen LogP contribution in [0.5, 0.6) is 0 Å². The number of hydrogen-bond acceptors (Lipinski definition) is 3. The molecule has 0 aromatic carbocycles. The number of hydrogen-bond donors (Lipinski definition) is 3. The van der Waals surface area contributed by atoms with Crippen molar-refractivity contribution >= 4 is 5.91 Å². The standard InChI is InChI=1S/C15H26N4O2/c1-11(2)16-15(20)13(4)19-7-5-18(6-8-19)10-14-9-12(3)21-17-14/h9,11,13H,5-8,10H2,1-4H3,(H,16,20)/p+2/t13-/m1/s1. The number of carbonyl (C=O) groups is 1. The quantitative estimate of drug-likeness (QED) is 0.599. The van der Waals surface area contributed by atoms with E-state index in [0.29, 0.717) is 0 Å². The van der Waals surface area contributed by atoms with E-state index < -0.39 is 0 Å². The molecule has 0 aliphatic carbocycles. The van der Waals surface area contributed by atoms with E-state index in [9.17, 15) is 4.79 Å². The van der Waals surface area contributed by atoms with Crippen LogP contribution in [-0.2, 0) is 11.3 Å². The van der Waals surface area contributed by atoms with Gasteiger partial charge >= 0.3 is 0 Å². The summed E-state index contributed by atoms with van der Waals surface area (Å²) in [6, 6.07) is 2.25. The third-order valence-corrected chi connectivity index (χ3v) is 4.14. The van der Waals surface area contributed by atoms with Gasteiger partial charge < -0.3 is 19.6 Å². The minimum Gasteiger partial charge on any atom is -0.361 e. The highest BCUT2D eigenvalue weighted by atomic mass is 16.5. The Bertz CT molecular complexity index is 464. The molecule has 6 heteroatoms. The number of quaternary nitrogens is 2. The van der Waals surface area contributed by atoms with Gasteiger partial charge in [0.05, 0.1) is 0 Å². The number of amides is 1. The van der Waals surface area contributed by atoms with Crippen molar-refractivity contribution < 1.29 is 19.1 Å². The normalized spacial score (nSPS) is 24.0. The van der Waals surface area contributed by atoms with Crippen molar-refractivity contribution in [1.29, 1.82) is 0 Å². The van der Waals surface area contributed by atoms with E-state index in [1.54, 1.807) is 0 Å². The van der Waals surface area contributed by atoms with E-state index in [4.69, 9.17) is 4.52 Å². The highest BCUT2D eigenvalue weighted by molar-refractivity contribution is 5.80. The van der Waals surface area contributed by atoms with Gasteiger partial charge in [0, 0.05) is 12.1 Å². The summed E-state index contributed by atoms with van der Waals surface area (Å²) in [5.41, 5.74) is 1.02. The Balaban J connectivity index is 1.78. The average Bonchev–Trinajstić information content (AvgIpc) is 2.83. The molecule has 1 aliphatic heterocycles. The summed E-state index contributed by atoms with van der Waals surface area (Å²) in [6.07, 6.45) is 0. The molecular weight excluding hydrogens is 268 g/mol. The molecule has 2 heterocycles. The zero-order valence-electron chi connectivity index (χ0n) is 13.5. The first-order valence-electron chi connectivity index (χ1n) is 7.86. The smallest absolute Gasteiger partial charge is 0.278 e. The first-order valence-corrected chi connectivity index (χ1v) is 7.86. The first kappa shape index (κ1) is 16.0. The third kappa shape index (κ3) is 4.54. The fourth-order valence-corrected chi connectivity index (χ4v) is 2.89. The van der Waals surface area contributed by atoms with Crippen molar-refractivity contribution in [3.8, 4) is 0 Å². The van der Waals surface area contributed by atoms with E-state index in [1.165, 1.54) is 9.80 Å². The number of aryl methyl sites for hydroxylation is 1. The van der Waals surface area contributed by atoms with Crippen LogP contribution in [0, 0.1) is 6.92 Å². The fraction of sp³-hybridized carbons (Fsp3) is 0.733. The van der Waals surface area contributed by atoms with Crippen LogP contribution in [0.3, 0.4) is 0 Å². The van der Waals surface area contributed by atoms with E-state index in [0.717, 1.165) is 44.2 Å². The molecule has 118 valence electrons. The third-order valence-electron chi connectivity index (χ3n) is 4.14. The number of piperazine rings is 1. The van der Waals surface area contributed by atoms with Gasteiger partial charge in [0.15, 0.2) is 6.04 Å². The van der Waals surface area contributed by atoms with Crippen LogP contribution >= 0.6 is 0 Å². The predicted molar refractivity (Wildman–Crippen MR) is 79.1 cm³/mol. The van der Waals surface area contributed by atoms with E-state index in [1.807, 2.05) is 33.8 Å². The molecule has 6 nitrogen and oxygen atoms in total. The molecule has 0 unspecified atom stereocenters. The lowest BCUT2D eigenvalue weighted by molar-refractivity contribution is -1.02. The Labute approximate surface area is 126 Å². The molecule has 0 saturated carbocycles. The van der Waals surface area contributed by atoms with E-state index in [2.05, 4.69) is 10.5 Å². The van der Waals surface area contributed by atoms with Crippen LogP contribution in [-0.4, -0.2) is 49.3 Å². The summed E-state index contributed by atoms with van der Waals surface area (Å²) < 4.78 is 5.11. The number of nitrogens with zero attached hydrogens (tertiary/aromatic N) is 1. The lowest BCUT2D eigenvalue weighted by Crippen LogP contribution is -3.29. The predicted octanol–water partition coefficient (Wildman–Crippen LogP) is -1.82. The molecular formula is C15H28N4O2+2. The molecule has 1 aromatic rings. The molecule has 1 aliphatic rings. The molecule has 3 N–H and O–H groups in total. The summed E-state index contributed by atoms with van der Waals surface area (Å²) in [5.74, 6) is 1.03. The topological polar surface area (TPSA) is 64.0 Å². The lowest BCUT2D eigenvalue weighted by atomic mass is 10.2. The van der Waals surface area contributed by atoms with Gasteiger partial charge in [0.2, 0.25) is 0 Å². The van der Waals surface area contributed by atoms with Crippen LogP contribution in [0.25, 0.3) is 0 Å². The zero-order chi connectivity index (χ0) is 15.4. The van der Waals surface area contributed by atoms with Crippen LogP contribution in [0.4, 0.5) is 0 Å². The zero-order valence-corrected chi connectivity index (χ0v) is 13.5. The Kier molecular flexibility index (Phi) is 5.36. The molecule has 1 atom stereocenters. The SMILES string of the molecule is Cc1cc(C[NH+]2CC[NH+]([C@H](C)C(=O)NC(C)C)CC2)no1. The van der Waals surface area contributed by atoms with Gasteiger partial charge in [0.1, 0.15) is 44.2 Å². The summed E-state index contributed by atoms with van der Waals surface area (Å²) in [7, 11) is 0. The van der Waals surface area contributed by atoms with Crippen molar-refractivity contribution in [2.75, 3.05) is 26.2 Å². The van der Waals surface area contributed by atoms with Crippen molar-refractivity contribution in [2.45, 2.75) is 46.3 Å². The summed E-state index contributed by atoms with van der Waals surface area (Å²) in [4.78, 5) is 15.0. The van der Waals surface area contributed by atoms with Gasteiger partial charge in [-0.05, 0) is 27.7 Å². The van der Waals surface area contributed by atoms with Crippen LogP contribution < -0.4 is 15.1 Å². The molecule has 0 radical (unpaired) electrons. The van der Waals surface area contributed by atoms with Crippen molar-refractivity contribution in [2.24, 2.45) is 0 Å². The van der Waals surface area contributed by atoms with Crippen LogP contribution in [0.15, 0.2) is 10.6 Å². The maximum absolute atomic E-state index is 12.1. The maximum Gasteiger partial charge on any atom is 0.278 e. The van der Waals surface area contributed by atoms with E-state index >= 15 is 0 Å². The number of aromatic nitrogens is 1. The highest BCUT2D eigenvalue weighted by Gasteiger charge is 2.31. The maximum atomic E-state index is 12.1. The van der Waals surface area contributed by atoms with Crippen LogP contribution in [0.1, 0.15) is 32.2 Å². The number of carbonyl (C=O) groups excluding carboxylic acids is 1. The fourth-order valence-electron chi connectivity index (χ4n) is 2.89. The average molecular weight is 296 g/mol. The first-order chi connectivity index (χ1) is 9.95. The number of rotatable bonds is 5. The monoisotopic (exact) mass is 296 g/mol. The molecule has 1 fully saturated rings. The molecule has 0 spiro atoms. The van der Waals surface area contributed by atoms with Crippen molar-refractivity contribution in [3.05, 3.63) is 17.5 Å². The highest BCUT2D eigenvalue weighted by Crippen LogP contribution is 1.99. The van der Waals surface area contributed by atoms with E-state index in [-0.39, 0.29) is 18.0 Å². The van der Waals surface area contributed by atoms with Gasteiger partial charge in [-0.25, -0.2) is 0 Å².